The number of nitrogens with zero attached hydrogens (tertiary/aromatic N) is 1. The monoisotopic (exact) mass is 389 g/mol. The molecule has 0 atom stereocenters. The van der Waals surface area contributed by atoms with Crippen molar-refractivity contribution in [2.75, 3.05) is 19.6 Å². The van der Waals surface area contributed by atoms with Gasteiger partial charge in [0.1, 0.15) is 4.88 Å². The lowest BCUT2D eigenvalue weighted by Crippen LogP contribution is -2.34. The van der Waals surface area contributed by atoms with Crippen LogP contribution in [0.15, 0.2) is 11.6 Å². The third-order valence-corrected chi connectivity index (χ3v) is 7.95. The lowest BCUT2D eigenvalue weighted by Gasteiger charge is -2.37. The van der Waals surface area contributed by atoms with E-state index in [0.717, 1.165) is 37.5 Å². The number of hydrogen-bond donors (Lipinski definition) is 1. The van der Waals surface area contributed by atoms with Crippen molar-refractivity contribution in [1.82, 2.24) is 4.90 Å². The normalized spacial score (nSPS) is 25.1. The largest absolute Gasteiger partial charge is 0.477 e. The van der Waals surface area contributed by atoms with E-state index in [2.05, 4.69) is 45.6 Å². The predicted molar refractivity (Wildman–Crippen MR) is 115 cm³/mol. The molecule has 2 aliphatic rings. The summed E-state index contributed by atoms with van der Waals surface area (Å²) in [6.07, 6.45) is 6.11. The zero-order valence-electron chi connectivity index (χ0n) is 17.6. The molecule has 1 saturated carbocycles. The molecule has 1 fully saturated rings. The maximum atomic E-state index is 12.0. The second-order valence-electron chi connectivity index (χ2n) is 9.49. The highest BCUT2D eigenvalue weighted by Gasteiger charge is 2.31. The van der Waals surface area contributed by atoms with Gasteiger partial charge in [-0.3, -0.25) is 4.90 Å². The molecular formula is C23H35NO2S. The van der Waals surface area contributed by atoms with E-state index in [1.165, 1.54) is 53.0 Å². The van der Waals surface area contributed by atoms with Crippen molar-refractivity contribution in [3.63, 3.8) is 0 Å². The average Bonchev–Trinajstić information content (AvgIpc) is 3.08. The number of rotatable bonds is 4. The minimum atomic E-state index is -0.771. The number of thiophene rings is 1. The van der Waals surface area contributed by atoms with Crippen molar-refractivity contribution in [2.45, 2.75) is 72.1 Å². The summed E-state index contributed by atoms with van der Waals surface area (Å²) in [6, 6.07) is 2.19. The van der Waals surface area contributed by atoms with Gasteiger partial charge in [-0.2, -0.15) is 0 Å². The zero-order chi connectivity index (χ0) is 19.8. The standard InChI is InChI=1S/C23H35NO2S/c1-6-24-12-11-17(19(14-24)16-9-7-15(2)8-10-16)18-13-20(23(3,4)5)27-21(18)22(25)26/h13,15-16H,6-12,14H2,1-5H3,(H,25,26). The molecule has 1 aromatic heterocycles. The maximum absolute atomic E-state index is 12.0. The molecule has 0 bridgehead atoms. The van der Waals surface area contributed by atoms with E-state index < -0.39 is 5.97 Å². The van der Waals surface area contributed by atoms with Crippen LogP contribution in [0.25, 0.3) is 5.57 Å². The van der Waals surface area contributed by atoms with E-state index in [-0.39, 0.29) is 5.41 Å². The van der Waals surface area contributed by atoms with Gasteiger partial charge in [-0.25, -0.2) is 4.79 Å². The van der Waals surface area contributed by atoms with Crippen molar-refractivity contribution in [3.05, 3.63) is 27.0 Å². The highest BCUT2D eigenvalue weighted by molar-refractivity contribution is 7.14. The van der Waals surface area contributed by atoms with Crippen LogP contribution < -0.4 is 0 Å². The minimum Gasteiger partial charge on any atom is -0.477 e. The Morgan fingerprint density at radius 2 is 1.93 bits per heavy atom. The third-order valence-electron chi connectivity index (χ3n) is 6.41. The van der Waals surface area contributed by atoms with Crippen LogP contribution in [0.1, 0.15) is 86.8 Å². The molecule has 0 unspecified atom stereocenters. The summed E-state index contributed by atoms with van der Waals surface area (Å²) in [5.74, 6) is 0.692. The average molecular weight is 390 g/mol. The number of carboxylic acid groups (broad SMARTS) is 1. The van der Waals surface area contributed by atoms with Crippen LogP contribution in [0, 0.1) is 11.8 Å². The highest BCUT2D eigenvalue weighted by atomic mass is 32.1. The number of hydrogen-bond acceptors (Lipinski definition) is 3. The molecule has 0 saturated heterocycles. The topological polar surface area (TPSA) is 40.5 Å². The summed E-state index contributed by atoms with van der Waals surface area (Å²) in [5, 5.41) is 9.88. The Morgan fingerprint density at radius 3 is 2.48 bits per heavy atom. The van der Waals surface area contributed by atoms with Gasteiger partial charge in [0.25, 0.3) is 0 Å². The van der Waals surface area contributed by atoms with Gasteiger partial charge in [0, 0.05) is 23.5 Å². The molecule has 4 heteroatoms. The van der Waals surface area contributed by atoms with Crippen LogP contribution in [0.3, 0.4) is 0 Å². The summed E-state index contributed by atoms with van der Waals surface area (Å²) in [4.78, 5) is 16.3. The van der Waals surface area contributed by atoms with Crippen molar-refractivity contribution in [2.24, 2.45) is 11.8 Å². The first-order chi connectivity index (χ1) is 12.7. The van der Waals surface area contributed by atoms with Crippen LogP contribution >= 0.6 is 11.3 Å². The Balaban J connectivity index is 2.07. The Morgan fingerprint density at radius 1 is 1.26 bits per heavy atom. The van der Waals surface area contributed by atoms with Crippen LogP contribution in [0.2, 0.25) is 0 Å². The summed E-state index contributed by atoms with van der Waals surface area (Å²) >= 11 is 1.48. The molecule has 27 heavy (non-hydrogen) atoms. The number of aromatic carboxylic acids is 1. The smallest absolute Gasteiger partial charge is 0.346 e. The van der Waals surface area contributed by atoms with Crippen molar-refractivity contribution in [3.8, 4) is 0 Å². The molecule has 0 amide bonds. The van der Waals surface area contributed by atoms with Crippen molar-refractivity contribution < 1.29 is 9.90 Å². The molecule has 1 aliphatic heterocycles. The van der Waals surface area contributed by atoms with Gasteiger partial charge in [0.05, 0.1) is 0 Å². The van der Waals surface area contributed by atoms with Gasteiger partial charge >= 0.3 is 5.97 Å². The maximum Gasteiger partial charge on any atom is 0.346 e. The fourth-order valence-corrected chi connectivity index (χ4v) is 5.63. The first-order valence-electron chi connectivity index (χ1n) is 10.5. The van der Waals surface area contributed by atoms with Crippen LogP contribution in [-0.4, -0.2) is 35.6 Å². The predicted octanol–water partition coefficient (Wildman–Crippen LogP) is 6.05. The third kappa shape index (κ3) is 4.48. The molecule has 1 N–H and O–H groups in total. The molecule has 0 radical (unpaired) electrons. The number of likely N-dealkylation sites (N-methyl/N-ethyl adjacent to an activating group) is 1. The van der Waals surface area contributed by atoms with E-state index in [1.807, 2.05) is 0 Å². The quantitative estimate of drug-likeness (QED) is 0.681. The molecule has 150 valence electrons. The Bertz CT molecular complexity index is 717. The van der Waals surface area contributed by atoms with Gasteiger partial charge in [0.2, 0.25) is 0 Å². The molecule has 2 heterocycles. The molecule has 1 aromatic rings. The van der Waals surface area contributed by atoms with Gasteiger partial charge in [-0.05, 0) is 60.3 Å². The van der Waals surface area contributed by atoms with Gasteiger partial charge < -0.3 is 5.11 Å². The fourth-order valence-electron chi connectivity index (χ4n) is 4.55. The van der Waals surface area contributed by atoms with Gasteiger partial charge in [0.15, 0.2) is 0 Å². The van der Waals surface area contributed by atoms with Crippen LogP contribution in [0.5, 0.6) is 0 Å². The summed E-state index contributed by atoms with van der Waals surface area (Å²) in [5.41, 5.74) is 3.89. The SMILES string of the molecule is CCN1CCC(c2cc(C(C)(C)C)sc2C(=O)O)=C(C2CCC(C)CC2)C1. The molecular weight excluding hydrogens is 354 g/mol. The van der Waals surface area contributed by atoms with Crippen molar-refractivity contribution in [1.29, 1.82) is 0 Å². The van der Waals surface area contributed by atoms with E-state index in [1.54, 1.807) is 0 Å². The minimum absolute atomic E-state index is 0.0156. The first kappa shape index (κ1) is 20.6. The van der Waals surface area contributed by atoms with E-state index >= 15 is 0 Å². The summed E-state index contributed by atoms with van der Waals surface area (Å²) in [7, 11) is 0. The molecule has 3 nitrogen and oxygen atoms in total. The van der Waals surface area contributed by atoms with Crippen LogP contribution in [-0.2, 0) is 5.41 Å². The fraction of sp³-hybridized carbons (Fsp3) is 0.696. The molecule has 3 rings (SSSR count). The summed E-state index contributed by atoms with van der Waals surface area (Å²) < 4.78 is 0. The lowest BCUT2D eigenvalue weighted by molar-refractivity contribution is 0.0702. The van der Waals surface area contributed by atoms with Crippen molar-refractivity contribution >= 4 is 22.9 Å². The van der Waals surface area contributed by atoms with E-state index in [9.17, 15) is 9.90 Å². The number of carbonyl (C=O) groups is 1. The van der Waals surface area contributed by atoms with Gasteiger partial charge in [-0.1, -0.05) is 47.5 Å². The van der Waals surface area contributed by atoms with Crippen LogP contribution in [0.4, 0.5) is 0 Å². The summed E-state index contributed by atoms with van der Waals surface area (Å²) in [6.45, 7) is 14.2. The number of carboxylic acids is 1. The Kier molecular flexibility index (Phi) is 6.17. The van der Waals surface area contributed by atoms with E-state index in [0.29, 0.717) is 10.8 Å². The second kappa shape index (κ2) is 8.08. The first-order valence-corrected chi connectivity index (χ1v) is 11.3. The molecule has 1 aliphatic carbocycles. The van der Waals surface area contributed by atoms with Gasteiger partial charge in [-0.15, -0.1) is 11.3 Å². The van der Waals surface area contributed by atoms with E-state index in [4.69, 9.17) is 0 Å². The molecule has 0 spiro atoms. The molecule has 0 aromatic carbocycles. The second-order valence-corrected chi connectivity index (χ2v) is 10.5. The lowest BCUT2D eigenvalue weighted by atomic mass is 9.75. The Labute approximate surface area is 168 Å². The zero-order valence-corrected chi connectivity index (χ0v) is 18.4. The highest BCUT2D eigenvalue weighted by Crippen LogP contribution is 2.43. The Hall–Kier alpha value is -1.13.